The molecule has 36 heavy (non-hydrogen) atoms. The van der Waals surface area contributed by atoms with Crippen LogP contribution in [0.2, 0.25) is 0 Å². The van der Waals surface area contributed by atoms with Crippen molar-refractivity contribution in [2.45, 2.75) is 44.3 Å². The molecule has 0 saturated heterocycles. The van der Waals surface area contributed by atoms with Crippen molar-refractivity contribution in [3.05, 3.63) is 90.4 Å². The Morgan fingerprint density at radius 3 is 2.08 bits per heavy atom. The molecule has 1 aliphatic carbocycles. The van der Waals surface area contributed by atoms with Crippen molar-refractivity contribution in [2.75, 3.05) is 0 Å². The monoisotopic (exact) mass is 485 g/mol. The lowest BCUT2D eigenvalue weighted by atomic mass is 9.78. The number of rotatable bonds is 8. The summed E-state index contributed by atoms with van der Waals surface area (Å²) >= 11 is 0. The largest absolute Gasteiger partial charge is 0.490 e. The van der Waals surface area contributed by atoms with Crippen molar-refractivity contribution in [1.29, 1.82) is 0 Å². The van der Waals surface area contributed by atoms with Gasteiger partial charge < -0.3 is 19.9 Å². The lowest BCUT2D eigenvalue weighted by molar-refractivity contribution is -0.0197. The van der Waals surface area contributed by atoms with Gasteiger partial charge in [0.05, 0.1) is 12.4 Å². The minimum atomic E-state index is -0.737. The Hall–Kier alpha value is -4.40. The molecule has 1 fully saturated rings. The Labute approximate surface area is 208 Å². The van der Waals surface area contributed by atoms with Crippen LogP contribution in [0.5, 0.6) is 17.2 Å². The third-order valence-corrected chi connectivity index (χ3v) is 6.37. The molecule has 0 spiro atoms. The van der Waals surface area contributed by atoms with E-state index in [1.54, 1.807) is 30.7 Å². The minimum absolute atomic E-state index is 0.0352. The first-order valence-electron chi connectivity index (χ1n) is 11.7. The highest BCUT2D eigenvalue weighted by molar-refractivity contribution is 5.64. The molecule has 5 rings (SSSR count). The first-order chi connectivity index (χ1) is 17.4. The van der Waals surface area contributed by atoms with Gasteiger partial charge in [-0.25, -0.2) is 9.78 Å². The third kappa shape index (κ3) is 5.14. The highest BCUT2D eigenvalue weighted by Gasteiger charge is 2.33. The number of benzene rings is 2. The molecule has 2 N–H and O–H groups in total. The zero-order valence-corrected chi connectivity index (χ0v) is 20.1. The van der Waals surface area contributed by atoms with Gasteiger partial charge in [0.2, 0.25) is 0 Å². The number of pyridine rings is 1. The maximum Gasteiger partial charge on any atom is 0.404 e. The fourth-order valence-corrected chi connectivity index (χ4v) is 4.17. The first kappa shape index (κ1) is 23.3. The maximum atomic E-state index is 10.8. The normalized spacial score (nSPS) is 17.2. The zero-order valence-electron chi connectivity index (χ0n) is 20.1. The van der Waals surface area contributed by atoms with E-state index in [1.165, 1.54) is 4.80 Å². The molecule has 1 amide bonds. The molecule has 1 aliphatic rings. The van der Waals surface area contributed by atoms with E-state index < -0.39 is 6.09 Å². The van der Waals surface area contributed by atoms with E-state index in [2.05, 4.69) is 53.3 Å². The van der Waals surface area contributed by atoms with Crippen molar-refractivity contribution < 1.29 is 19.0 Å². The third-order valence-electron chi connectivity index (χ3n) is 6.37. The van der Waals surface area contributed by atoms with Crippen molar-refractivity contribution in [1.82, 2.24) is 20.0 Å². The summed E-state index contributed by atoms with van der Waals surface area (Å²) in [6, 6.07) is 19.8. The lowest BCUT2D eigenvalue weighted by Gasteiger charge is -2.34. The average Bonchev–Trinajstić information content (AvgIpc) is 3.39. The van der Waals surface area contributed by atoms with E-state index in [0.717, 1.165) is 22.6 Å². The lowest BCUT2D eigenvalue weighted by Crippen LogP contribution is -2.41. The molecule has 184 valence electrons. The highest BCUT2D eigenvalue weighted by atomic mass is 16.6. The molecule has 9 nitrogen and oxygen atoms in total. The summed E-state index contributed by atoms with van der Waals surface area (Å²) in [7, 11) is 0. The van der Waals surface area contributed by atoms with Gasteiger partial charge in [-0.2, -0.15) is 10.2 Å². The quantitative estimate of drug-likeness (QED) is 0.382. The van der Waals surface area contributed by atoms with Crippen molar-refractivity contribution in [3.8, 4) is 23.1 Å². The molecule has 9 heteroatoms. The Morgan fingerprint density at radius 1 is 0.861 bits per heavy atom. The molecule has 2 heterocycles. The number of aromatic nitrogens is 4. The number of nitrogens with zero attached hydrogens (tertiary/aromatic N) is 4. The smallest absolute Gasteiger partial charge is 0.404 e. The van der Waals surface area contributed by atoms with Gasteiger partial charge in [0.25, 0.3) is 0 Å². The van der Waals surface area contributed by atoms with Crippen LogP contribution in [0.3, 0.4) is 0 Å². The zero-order chi connectivity index (χ0) is 25.1. The van der Waals surface area contributed by atoms with E-state index in [9.17, 15) is 4.79 Å². The van der Waals surface area contributed by atoms with Crippen molar-refractivity contribution in [2.24, 2.45) is 5.73 Å². The maximum absolute atomic E-state index is 10.8. The summed E-state index contributed by atoms with van der Waals surface area (Å²) in [5, 5.41) is 8.20. The standard InChI is InChI=1S/C27H27N5O4/c1-27(2,19-5-9-21(10-6-19)35-23-15-24(16-23)36-26(28)33)18-3-7-20(8-4-18)34-22-11-12-29-25(17-22)32-30-13-14-31-32/h3-14,17,23-24H,15-16H2,1-2H3,(H2,28,33). The molecule has 0 aliphatic heterocycles. The average molecular weight is 486 g/mol. The van der Waals surface area contributed by atoms with Gasteiger partial charge in [-0.15, -0.1) is 4.80 Å². The number of hydrogen-bond acceptors (Lipinski definition) is 7. The second-order valence-electron chi connectivity index (χ2n) is 9.21. The van der Waals surface area contributed by atoms with E-state index in [0.29, 0.717) is 24.4 Å². The van der Waals surface area contributed by atoms with Crippen LogP contribution in [0.25, 0.3) is 5.82 Å². The van der Waals surface area contributed by atoms with Crippen LogP contribution in [0.4, 0.5) is 4.79 Å². The molecule has 0 radical (unpaired) electrons. The summed E-state index contributed by atoms with van der Waals surface area (Å²) in [4.78, 5) is 16.5. The van der Waals surface area contributed by atoms with E-state index in [-0.39, 0.29) is 17.6 Å². The topological polar surface area (TPSA) is 114 Å². The van der Waals surface area contributed by atoms with Crippen LogP contribution in [0.15, 0.2) is 79.3 Å². The molecule has 1 saturated carbocycles. The Balaban J connectivity index is 1.21. The van der Waals surface area contributed by atoms with Gasteiger partial charge >= 0.3 is 6.09 Å². The second kappa shape index (κ2) is 9.69. The first-order valence-corrected chi connectivity index (χ1v) is 11.7. The van der Waals surface area contributed by atoms with Gasteiger partial charge in [-0.3, -0.25) is 0 Å². The van der Waals surface area contributed by atoms with Gasteiger partial charge in [-0.1, -0.05) is 38.1 Å². The summed E-state index contributed by atoms with van der Waals surface area (Å²) in [5.41, 5.74) is 7.16. The number of primary amides is 1. The predicted molar refractivity (Wildman–Crippen MR) is 132 cm³/mol. The molecule has 2 aromatic heterocycles. The van der Waals surface area contributed by atoms with Crippen LogP contribution in [-0.2, 0) is 10.2 Å². The van der Waals surface area contributed by atoms with Gasteiger partial charge in [0.1, 0.15) is 29.5 Å². The molecular formula is C27H27N5O4. The Kier molecular flexibility index (Phi) is 6.28. The Morgan fingerprint density at radius 2 is 1.47 bits per heavy atom. The number of hydrogen-bond donors (Lipinski definition) is 1. The van der Waals surface area contributed by atoms with Crippen molar-refractivity contribution >= 4 is 6.09 Å². The Bertz CT molecular complexity index is 1320. The van der Waals surface area contributed by atoms with Gasteiger partial charge in [0.15, 0.2) is 5.82 Å². The number of nitrogens with two attached hydrogens (primary N) is 1. The summed E-state index contributed by atoms with van der Waals surface area (Å²) in [6.45, 7) is 4.37. The fraction of sp³-hybridized carbons (Fsp3) is 0.259. The minimum Gasteiger partial charge on any atom is -0.490 e. The predicted octanol–water partition coefficient (Wildman–Crippen LogP) is 4.79. The van der Waals surface area contributed by atoms with Crippen LogP contribution in [0, 0.1) is 0 Å². The van der Waals surface area contributed by atoms with Crippen LogP contribution >= 0.6 is 0 Å². The molecule has 0 unspecified atom stereocenters. The molecular weight excluding hydrogens is 458 g/mol. The van der Waals surface area contributed by atoms with E-state index in [4.69, 9.17) is 19.9 Å². The molecule has 0 atom stereocenters. The fourth-order valence-electron chi connectivity index (χ4n) is 4.17. The second-order valence-corrected chi connectivity index (χ2v) is 9.21. The summed E-state index contributed by atoms with van der Waals surface area (Å²) in [5.74, 6) is 2.75. The number of carbonyl (C=O) groups excluding carboxylic acids is 1. The molecule has 2 aromatic carbocycles. The number of amides is 1. The SMILES string of the molecule is CC(C)(c1ccc(Oc2ccnc(-n3nccn3)c2)cc1)c1ccc(OC2CC(OC(N)=O)C2)cc1. The number of ether oxygens (including phenoxy) is 3. The van der Waals surface area contributed by atoms with Crippen LogP contribution in [-0.4, -0.2) is 38.3 Å². The molecule has 4 aromatic rings. The van der Waals surface area contributed by atoms with Gasteiger partial charge in [-0.05, 0) is 41.5 Å². The van der Waals surface area contributed by atoms with Crippen LogP contribution < -0.4 is 15.2 Å². The van der Waals surface area contributed by atoms with E-state index in [1.807, 2.05) is 24.3 Å². The summed E-state index contributed by atoms with van der Waals surface area (Å²) < 4.78 is 17.0. The summed E-state index contributed by atoms with van der Waals surface area (Å²) in [6.07, 6.45) is 5.33. The number of carbonyl (C=O) groups is 1. The van der Waals surface area contributed by atoms with E-state index >= 15 is 0 Å². The van der Waals surface area contributed by atoms with Gasteiger partial charge in [0, 0.05) is 30.5 Å². The van der Waals surface area contributed by atoms with Crippen molar-refractivity contribution in [3.63, 3.8) is 0 Å². The highest BCUT2D eigenvalue weighted by Crippen LogP contribution is 2.35. The molecule has 0 bridgehead atoms. The van der Waals surface area contributed by atoms with Crippen LogP contribution in [0.1, 0.15) is 37.8 Å².